The van der Waals surface area contributed by atoms with Gasteiger partial charge in [-0.3, -0.25) is 14.2 Å². The number of aromatic nitrogens is 2. The third-order valence-electron chi connectivity index (χ3n) is 3.73. The van der Waals surface area contributed by atoms with Gasteiger partial charge < -0.3 is 9.84 Å². The SMILES string of the molecule is COc1ccc(/C=N/NC(=O)Cn2cnc3cc(F)ccc3c2=O)c(O)c1. The molecule has 0 unspecified atom stereocenters. The zero-order valence-electron chi connectivity index (χ0n) is 14.2. The predicted molar refractivity (Wildman–Crippen MR) is 96.4 cm³/mol. The van der Waals surface area contributed by atoms with Crippen LogP contribution < -0.4 is 15.7 Å². The van der Waals surface area contributed by atoms with Crippen LogP contribution >= 0.6 is 0 Å². The summed E-state index contributed by atoms with van der Waals surface area (Å²) in [5, 5.41) is 13.8. The molecule has 0 aliphatic heterocycles. The lowest BCUT2D eigenvalue weighted by Crippen LogP contribution is -2.30. The van der Waals surface area contributed by atoms with Crippen molar-refractivity contribution in [2.24, 2.45) is 5.10 Å². The third-order valence-corrected chi connectivity index (χ3v) is 3.73. The van der Waals surface area contributed by atoms with Crippen molar-refractivity contribution in [3.63, 3.8) is 0 Å². The second-order valence-corrected chi connectivity index (χ2v) is 5.56. The van der Waals surface area contributed by atoms with Gasteiger partial charge >= 0.3 is 0 Å². The highest BCUT2D eigenvalue weighted by Gasteiger charge is 2.08. The number of carbonyl (C=O) groups is 1. The number of hydrogen-bond acceptors (Lipinski definition) is 6. The van der Waals surface area contributed by atoms with Gasteiger partial charge in [0.2, 0.25) is 0 Å². The van der Waals surface area contributed by atoms with Gasteiger partial charge in [0.05, 0.1) is 30.6 Å². The van der Waals surface area contributed by atoms with Crippen molar-refractivity contribution in [1.29, 1.82) is 0 Å². The van der Waals surface area contributed by atoms with Gasteiger partial charge in [0.1, 0.15) is 23.9 Å². The van der Waals surface area contributed by atoms with E-state index in [0.717, 1.165) is 16.7 Å². The first kappa shape index (κ1) is 18.1. The Morgan fingerprint density at radius 1 is 1.37 bits per heavy atom. The maximum absolute atomic E-state index is 13.2. The van der Waals surface area contributed by atoms with Gasteiger partial charge in [-0.25, -0.2) is 14.8 Å². The molecule has 0 bridgehead atoms. The number of nitrogens with zero attached hydrogens (tertiary/aromatic N) is 3. The minimum absolute atomic E-state index is 0.0606. The normalized spacial score (nSPS) is 11.0. The van der Waals surface area contributed by atoms with Gasteiger partial charge in [0, 0.05) is 17.7 Å². The van der Waals surface area contributed by atoms with Crippen LogP contribution in [0.5, 0.6) is 11.5 Å². The fourth-order valence-corrected chi connectivity index (χ4v) is 2.37. The van der Waals surface area contributed by atoms with Crippen LogP contribution in [0.25, 0.3) is 10.9 Å². The Morgan fingerprint density at radius 3 is 2.93 bits per heavy atom. The van der Waals surface area contributed by atoms with Gasteiger partial charge in [-0.2, -0.15) is 5.10 Å². The predicted octanol–water partition coefficient (Wildman–Crippen LogP) is 1.40. The largest absolute Gasteiger partial charge is 0.507 e. The summed E-state index contributed by atoms with van der Waals surface area (Å²) in [7, 11) is 1.48. The molecule has 0 aliphatic carbocycles. The van der Waals surface area contributed by atoms with E-state index in [-0.39, 0.29) is 23.2 Å². The number of carbonyl (C=O) groups excluding carboxylic acids is 1. The molecule has 138 valence electrons. The number of phenols is 1. The minimum Gasteiger partial charge on any atom is -0.507 e. The van der Waals surface area contributed by atoms with Crippen LogP contribution in [0.3, 0.4) is 0 Å². The first-order chi connectivity index (χ1) is 13.0. The molecule has 1 heterocycles. The lowest BCUT2D eigenvalue weighted by Gasteiger charge is -2.06. The highest BCUT2D eigenvalue weighted by molar-refractivity contribution is 5.85. The summed E-state index contributed by atoms with van der Waals surface area (Å²) < 4.78 is 19.2. The summed E-state index contributed by atoms with van der Waals surface area (Å²) in [5.74, 6) is -0.642. The van der Waals surface area contributed by atoms with Gasteiger partial charge in [0.25, 0.3) is 11.5 Å². The van der Waals surface area contributed by atoms with E-state index in [1.54, 1.807) is 12.1 Å². The number of phenolic OH excluding ortho intramolecular Hbond substituents is 1. The lowest BCUT2D eigenvalue weighted by atomic mass is 10.2. The van der Waals surface area contributed by atoms with Crippen LogP contribution in [-0.4, -0.2) is 33.9 Å². The monoisotopic (exact) mass is 370 g/mol. The van der Waals surface area contributed by atoms with E-state index in [1.165, 1.54) is 31.8 Å². The van der Waals surface area contributed by atoms with Crippen LogP contribution in [0.15, 0.2) is 52.6 Å². The molecule has 0 spiro atoms. The number of ether oxygens (including phenoxy) is 1. The Bertz CT molecular complexity index is 1090. The molecule has 1 aromatic heterocycles. The zero-order chi connectivity index (χ0) is 19.4. The summed E-state index contributed by atoms with van der Waals surface area (Å²) >= 11 is 0. The van der Waals surface area contributed by atoms with E-state index < -0.39 is 17.3 Å². The molecule has 3 rings (SSSR count). The topological polar surface area (TPSA) is 106 Å². The Balaban J connectivity index is 1.69. The van der Waals surface area contributed by atoms with Crippen LogP contribution in [0.4, 0.5) is 4.39 Å². The van der Waals surface area contributed by atoms with Crippen molar-refractivity contribution in [3.8, 4) is 11.5 Å². The molecular formula is C18H15FN4O4. The second kappa shape index (κ2) is 7.65. The first-order valence-electron chi connectivity index (χ1n) is 7.81. The number of benzene rings is 2. The Hall–Kier alpha value is -3.75. The molecule has 9 heteroatoms. The summed E-state index contributed by atoms with van der Waals surface area (Å²) in [5.41, 5.74) is 2.38. The molecule has 8 nitrogen and oxygen atoms in total. The average molecular weight is 370 g/mol. The summed E-state index contributed by atoms with van der Waals surface area (Å²) in [6, 6.07) is 8.23. The number of nitrogens with one attached hydrogen (secondary N) is 1. The van der Waals surface area contributed by atoms with Crippen LogP contribution in [0.1, 0.15) is 5.56 Å². The number of methoxy groups -OCH3 is 1. The second-order valence-electron chi connectivity index (χ2n) is 5.56. The molecule has 0 saturated heterocycles. The average Bonchev–Trinajstić information content (AvgIpc) is 2.65. The molecule has 2 aromatic carbocycles. The molecule has 1 amide bonds. The Morgan fingerprint density at radius 2 is 2.19 bits per heavy atom. The van der Waals surface area contributed by atoms with Crippen LogP contribution in [0.2, 0.25) is 0 Å². The summed E-state index contributed by atoms with van der Waals surface area (Å²) in [6.07, 6.45) is 2.43. The number of hydrazone groups is 1. The smallest absolute Gasteiger partial charge is 0.261 e. The quantitative estimate of drug-likeness (QED) is 0.522. The van der Waals surface area contributed by atoms with Gasteiger partial charge in [-0.15, -0.1) is 0 Å². The number of hydrogen-bond donors (Lipinski definition) is 2. The van der Waals surface area contributed by atoms with Crippen molar-refractivity contribution < 1.29 is 19.0 Å². The molecular weight excluding hydrogens is 355 g/mol. The van der Waals surface area contributed by atoms with Gasteiger partial charge in [-0.05, 0) is 24.3 Å². The van der Waals surface area contributed by atoms with E-state index in [2.05, 4.69) is 15.5 Å². The molecule has 0 atom stereocenters. The summed E-state index contributed by atoms with van der Waals surface area (Å²) in [4.78, 5) is 28.3. The minimum atomic E-state index is -0.565. The number of rotatable bonds is 5. The standard InChI is InChI=1S/C18H15FN4O4/c1-27-13-4-2-11(16(24)7-13)8-21-22-17(25)9-23-10-20-15-6-12(19)3-5-14(15)18(23)26/h2-8,10,24H,9H2,1H3,(H,22,25)/b21-8+. The number of halogens is 1. The highest BCUT2D eigenvalue weighted by atomic mass is 19.1. The molecule has 27 heavy (non-hydrogen) atoms. The van der Waals surface area contributed by atoms with E-state index >= 15 is 0 Å². The fourth-order valence-electron chi connectivity index (χ4n) is 2.37. The molecule has 0 radical (unpaired) electrons. The van der Waals surface area contributed by atoms with E-state index in [0.29, 0.717) is 11.3 Å². The van der Waals surface area contributed by atoms with E-state index in [1.807, 2.05) is 0 Å². The molecule has 0 saturated carbocycles. The first-order valence-corrected chi connectivity index (χ1v) is 7.81. The van der Waals surface area contributed by atoms with Gasteiger partial charge in [-0.1, -0.05) is 0 Å². The molecule has 3 aromatic rings. The fraction of sp³-hybridized carbons (Fsp3) is 0.111. The molecule has 2 N–H and O–H groups in total. The van der Waals surface area contributed by atoms with Crippen molar-refractivity contribution in [1.82, 2.24) is 15.0 Å². The summed E-state index contributed by atoms with van der Waals surface area (Å²) in [6.45, 7) is -0.314. The van der Waals surface area contributed by atoms with Gasteiger partial charge in [0.15, 0.2) is 0 Å². The Kier molecular flexibility index (Phi) is 5.11. The van der Waals surface area contributed by atoms with Crippen molar-refractivity contribution in [2.75, 3.05) is 7.11 Å². The zero-order valence-corrected chi connectivity index (χ0v) is 14.2. The Labute approximate surface area is 152 Å². The van der Waals surface area contributed by atoms with Crippen molar-refractivity contribution in [2.45, 2.75) is 6.54 Å². The number of fused-ring (bicyclic) bond motifs is 1. The number of amides is 1. The highest BCUT2D eigenvalue weighted by Crippen LogP contribution is 2.21. The van der Waals surface area contributed by atoms with Crippen molar-refractivity contribution >= 4 is 23.0 Å². The number of aromatic hydroxyl groups is 1. The van der Waals surface area contributed by atoms with E-state index in [4.69, 9.17) is 4.74 Å². The van der Waals surface area contributed by atoms with Crippen molar-refractivity contribution in [3.05, 3.63) is 64.5 Å². The van der Waals surface area contributed by atoms with Crippen LogP contribution in [-0.2, 0) is 11.3 Å². The maximum atomic E-state index is 13.2. The molecule has 0 aliphatic rings. The lowest BCUT2D eigenvalue weighted by molar-refractivity contribution is -0.121. The maximum Gasteiger partial charge on any atom is 0.261 e. The van der Waals surface area contributed by atoms with E-state index in [9.17, 15) is 19.1 Å². The van der Waals surface area contributed by atoms with Crippen LogP contribution in [0, 0.1) is 5.82 Å². The third kappa shape index (κ3) is 4.09. The molecule has 0 fully saturated rings.